The SMILES string of the molecule is CCC1(CC)COc2ccc3c(c2)Oc2cc(ccc2C3c2ccc(OC)cc2)OCC(CC)(CC)COc2ccc3c(c2)Oc2cc(ccc2C3c2ccc(OC)cc2)OC1. The first kappa shape index (κ1) is 41.1. The molecule has 0 spiro atoms. The summed E-state index contributed by atoms with van der Waals surface area (Å²) in [5.74, 6) is 7.52. The van der Waals surface area contributed by atoms with Crippen molar-refractivity contribution >= 4 is 0 Å². The Morgan fingerprint density at radius 2 is 0.677 bits per heavy atom. The summed E-state index contributed by atoms with van der Waals surface area (Å²) in [7, 11) is 3.38. The van der Waals surface area contributed by atoms with Crippen LogP contribution in [-0.2, 0) is 0 Å². The van der Waals surface area contributed by atoms with Crippen LogP contribution in [0.3, 0.4) is 0 Å². The molecule has 3 heterocycles. The minimum atomic E-state index is -0.248. The predicted molar refractivity (Wildman–Crippen MR) is 242 cm³/mol. The first-order valence-electron chi connectivity index (χ1n) is 22.0. The van der Waals surface area contributed by atoms with Crippen LogP contribution in [0.25, 0.3) is 0 Å². The van der Waals surface area contributed by atoms with Crippen LogP contribution in [0, 0.1) is 10.8 Å². The molecule has 320 valence electrons. The molecule has 8 bridgehead atoms. The van der Waals surface area contributed by atoms with Crippen LogP contribution in [-0.4, -0.2) is 40.6 Å². The molecule has 0 atom stereocenters. The maximum atomic E-state index is 6.76. The monoisotopic (exact) mass is 832 g/mol. The Balaban J connectivity index is 1.10. The molecule has 0 unspecified atom stereocenters. The first-order valence-corrected chi connectivity index (χ1v) is 22.0. The van der Waals surface area contributed by atoms with E-state index in [-0.39, 0.29) is 22.7 Å². The van der Waals surface area contributed by atoms with Crippen molar-refractivity contribution in [2.24, 2.45) is 10.8 Å². The molecule has 0 amide bonds. The van der Waals surface area contributed by atoms with E-state index in [1.165, 1.54) is 0 Å². The number of benzene rings is 6. The molecule has 3 aliphatic heterocycles. The summed E-state index contributed by atoms with van der Waals surface area (Å²) in [5, 5.41) is 0. The number of hydrogen-bond acceptors (Lipinski definition) is 8. The normalized spacial score (nSPS) is 16.5. The molecule has 0 fully saturated rings. The Hall–Kier alpha value is -6.28. The van der Waals surface area contributed by atoms with Crippen molar-refractivity contribution < 1.29 is 37.9 Å². The van der Waals surface area contributed by atoms with Gasteiger partial charge in [0.1, 0.15) is 57.5 Å². The molecule has 0 saturated carbocycles. The molecule has 0 N–H and O–H groups in total. The van der Waals surface area contributed by atoms with Gasteiger partial charge < -0.3 is 37.9 Å². The fourth-order valence-electron chi connectivity index (χ4n) is 8.95. The van der Waals surface area contributed by atoms with Crippen molar-refractivity contribution in [2.45, 2.75) is 65.2 Å². The van der Waals surface area contributed by atoms with Crippen molar-refractivity contribution in [2.75, 3.05) is 40.6 Å². The molecular weight excluding hydrogens is 777 g/mol. The van der Waals surface area contributed by atoms with E-state index in [1.807, 2.05) is 48.5 Å². The zero-order chi connectivity index (χ0) is 42.8. The van der Waals surface area contributed by atoms with Crippen molar-refractivity contribution in [1.29, 1.82) is 0 Å². The van der Waals surface area contributed by atoms with Crippen LogP contribution in [0.2, 0.25) is 0 Å². The maximum Gasteiger partial charge on any atom is 0.135 e. The molecule has 0 aliphatic carbocycles. The average Bonchev–Trinajstić information content (AvgIpc) is 3.32. The summed E-state index contributed by atoms with van der Waals surface area (Å²) < 4.78 is 51.2. The van der Waals surface area contributed by atoms with Gasteiger partial charge in [0.15, 0.2) is 0 Å². The molecular formula is C54H56O8. The number of hydrogen-bond donors (Lipinski definition) is 0. The molecule has 3 aliphatic rings. The highest BCUT2D eigenvalue weighted by Gasteiger charge is 2.35. The second-order valence-electron chi connectivity index (χ2n) is 17.0. The molecule has 8 heteroatoms. The molecule has 8 nitrogen and oxygen atoms in total. The molecule has 6 aromatic carbocycles. The highest BCUT2D eigenvalue weighted by Crippen LogP contribution is 2.52. The summed E-state index contributed by atoms with van der Waals surface area (Å²) in [6.45, 7) is 10.7. The highest BCUT2D eigenvalue weighted by atomic mass is 16.5. The number of fused-ring (bicyclic) bond motifs is 4. The molecule has 0 saturated heterocycles. The van der Waals surface area contributed by atoms with Crippen LogP contribution >= 0.6 is 0 Å². The van der Waals surface area contributed by atoms with Gasteiger partial charge in [-0.3, -0.25) is 0 Å². The summed E-state index contributed by atoms with van der Waals surface area (Å²) in [6.07, 6.45) is 3.48. The fourth-order valence-corrected chi connectivity index (χ4v) is 8.95. The van der Waals surface area contributed by atoms with E-state index < -0.39 is 0 Å². The van der Waals surface area contributed by atoms with E-state index in [0.717, 1.165) is 117 Å². The van der Waals surface area contributed by atoms with Crippen molar-refractivity contribution in [1.82, 2.24) is 0 Å². The van der Waals surface area contributed by atoms with E-state index in [0.29, 0.717) is 26.4 Å². The Morgan fingerprint density at radius 1 is 0.403 bits per heavy atom. The number of rotatable bonds is 8. The summed E-state index contributed by atoms with van der Waals surface area (Å²) >= 11 is 0. The van der Waals surface area contributed by atoms with Crippen molar-refractivity contribution in [3.8, 4) is 57.5 Å². The summed E-state index contributed by atoms with van der Waals surface area (Å²) in [5.41, 5.74) is 6.06. The molecule has 6 aromatic rings. The summed E-state index contributed by atoms with van der Waals surface area (Å²) in [6, 6.07) is 41.4. The van der Waals surface area contributed by atoms with Crippen LogP contribution in [0.5, 0.6) is 57.5 Å². The molecule has 0 aromatic heterocycles. The third-order valence-electron chi connectivity index (χ3n) is 13.7. The van der Waals surface area contributed by atoms with Gasteiger partial charge in [-0.15, -0.1) is 0 Å². The second kappa shape index (κ2) is 17.2. The highest BCUT2D eigenvalue weighted by molar-refractivity contribution is 5.63. The Bertz CT molecular complexity index is 2220. The van der Waals surface area contributed by atoms with Gasteiger partial charge in [0.25, 0.3) is 0 Å². The Labute approximate surface area is 365 Å². The van der Waals surface area contributed by atoms with Gasteiger partial charge in [-0.25, -0.2) is 0 Å². The number of ether oxygens (including phenoxy) is 8. The van der Waals surface area contributed by atoms with Gasteiger partial charge in [0, 0.05) is 69.2 Å². The maximum absolute atomic E-state index is 6.76. The van der Waals surface area contributed by atoms with E-state index in [1.54, 1.807) is 14.2 Å². The fraction of sp³-hybridized carbons (Fsp3) is 0.333. The minimum Gasteiger partial charge on any atom is -0.497 e. The van der Waals surface area contributed by atoms with Crippen LogP contribution in [0.1, 0.15) is 98.6 Å². The summed E-state index contributed by atoms with van der Waals surface area (Å²) in [4.78, 5) is 0. The smallest absolute Gasteiger partial charge is 0.135 e. The topological polar surface area (TPSA) is 73.8 Å². The van der Waals surface area contributed by atoms with Crippen LogP contribution in [0.4, 0.5) is 0 Å². The first-order chi connectivity index (χ1) is 30.3. The van der Waals surface area contributed by atoms with Crippen molar-refractivity contribution in [3.63, 3.8) is 0 Å². The third-order valence-corrected chi connectivity index (χ3v) is 13.7. The lowest BCUT2D eigenvalue weighted by molar-refractivity contribution is 0.0701. The van der Waals surface area contributed by atoms with E-state index in [9.17, 15) is 0 Å². The second-order valence-corrected chi connectivity index (χ2v) is 17.0. The lowest BCUT2D eigenvalue weighted by atomic mass is 9.82. The number of methoxy groups -OCH3 is 2. The molecule has 0 radical (unpaired) electrons. The third kappa shape index (κ3) is 7.87. The standard InChI is InChI=1S/C54H56O8/c1-7-53(8-2)31-57-39-19-23-43-47(27-39)61-49-29-41(21-25-45(49)51(43)35-11-15-37(55-5)16-12-35)59-33-54(9-3,10-4)34-60-42-22-26-46-50(30-42)62-48-28-40(58-32-53)20-24-44(48)52(46)36-13-17-38(56-6)18-14-36/h11-30,51-52H,7-10,31-34H2,1-6H3. The van der Waals surface area contributed by atoms with E-state index in [4.69, 9.17) is 37.9 Å². The van der Waals surface area contributed by atoms with Gasteiger partial charge in [0.2, 0.25) is 0 Å². The van der Waals surface area contributed by atoms with Gasteiger partial charge in [0.05, 0.1) is 40.6 Å². The Kier molecular flexibility index (Phi) is 11.4. The molecule has 9 rings (SSSR count). The zero-order valence-electron chi connectivity index (χ0n) is 36.6. The lowest BCUT2D eigenvalue weighted by Gasteiger charge is -2.33. The molecule has 62 heavy (non-hydrogen) atoms. The van der Waals surface area contributed by atoms with Gasteiger partial charge >= 0.3 is 0 Å². The van der Waals surface area contributed by atoms with Crippen molar-refractivity contribution in [3.05, 3.63) is 155 Å². The van der Waals surface area contributed by atoms with Crippen LogP contribution in [0.15, 0.2) is 121 Å². The Morgan fingerprint density at radius 3 is 0.919 bits per heavy atom. The van der Waals surface area contributed by atoms with Gasteiger partial charge in [-0.2, -0.15) is 0 Å². The van der Waals surface area contributed by atoms with Gasteiger partial charge in [-0.05, 0) is 85.3 Å². The lowest BCUT2D eigenvalue weighted by Crippen LogP contribution is -2.34. The van der Waals surface area contributed by atoms with Crippen LogP contribution < -0.4 is 37.9 Å². The van der Waals surface area contributed by atoms with Gasteiger partial charge in [-0.1, -0.05) is 76.2 Å². The minimum absolute atomic E-state index is 0.0614. The van der Waals surface area contributed by atoms with E-state index >= 15 is 0 Å². The van der Waals surface area contributed by atoms with E-state index in [2.05, 4.69) is 100 Å². The quantitative estimate of drug-likeness (QED) is 0.150. The largest absolute Gasteiger partial charge is 0.497 e. The average molecular weight is 833 g/mol. The predicted octanol–water partition coefficient (Wildman–Crippen LogP) is 13.1. The zero-order valence-corrected chi connectivity index (χ0v) is 36.6.